The van der Waals surface area contributed by atoms with Crippen LogP contribution in [0.2, 0.25) is 0 Å². The van der Waals surface area contributed by atoms with Gasteiger partial charge in [0, 0.05) is 26.2 Å². The summed E-state index contributed by atoms with van der Waals surface area (Å²) in [7, 11) is 1.89. The first kappa shape index (κ1) is 23.1. The predicted octanol–water partition coefficient (Wildman–Crippen LogP) is 3.89. The summed E-state index contributed by atoms with van der Waals surface area (Å²) in [6.45, 7) is 3.80. The molecule has 3 aromatic rings. The average Bonchev–Trinajstić information content (AvgIpc) is 3.28. The minimum absolute atomic E-state index is 0.0437. The van der Waals surface area contributed by atoms with Crippen molar-refractivity contribution in [1.29, 1.82) is 0 Å². The van der Waals surface area contributed by atoms with Gasteiger partial charge in [0.25, 0.3) is 5.91 Å². The summed E-state index contributed by atoms with van der Waals surface area (Å²) in [5, 5.41) is 3.13. The van der Waals surface area contributed by atoms with Gasteiger partial charge in [-0.1, -0.05) is 60.7 Å². The third kappa shape index (κ3) is 5.67. The number of piperidine rings is 1. The van der Waals surface area contributed by atoms with Crippen molar-refractivity contribution in [3.8, 4) is 0 Å². The molecule has 0 unspecified atom stereocenters. The van der Waals surface area contributed by atoms with Crippen molar-refractivity contribution in [2.24, 2.45) is 0 Å². The van der Waals surface area contributed by atoms with Gasteiger partial charge in [-0.15, -0.1) is 11.3 Å². The molecule has 6 nitrogen and oxygen atoms in total. The standard InChI is InChI=1S/C26H30N4O2S/c1-19-25(33-18-27-19)26(32)28-22-13-15-30(16-14-22)17-23(31)29(2)24(20-9-5-3-6-10-20)21-11-7-4-8-12-21/h3-12,18,22,24H,13-17H2,1-2H3,(H,28,32). The smallest absolute Gasteiger partial charge is 0.263 e. The highest BCUT2D eigenvalue weighted by molar-refractivity contribution is 7.11. The summed E-state index contributed by atoms with van der Waals surface area (Å²) >= 11 is 1.37. The first-order valence-corrected chi connectivity index (χ1v) is 12.2. The van der Waals surface area contributed by atoms with E-state index in [4.69, 9.17) is 0 Å². The minimum Gasteiger partial charge on any atom is -0.348 e. The summed E-state index contributed by atoms with van der Waals surface area (Å²) in [5.74, 6) is 0.0494. The van der Waals surface area contributed by atoms with E-state index in [2.05, 4.69) is 39.5 Å². The second kappa shape index (κ2) is 10.7. The van der Waals surface area contributed by atoms with Crippen molar-refractivity contribution in [3.63, 3.8) is 0 Å². The maximum Gasteiger partial charge on any atom is 0.263 e. The monoisotopic (exact) mass is 462 g/mol. The molecule has 1 aromatic heterocycles. The molecule has 1 aliphatic heterocycles. The molecular weight excluding hydrogens is 432 g/mol. The zero-order valence-electron chi connectivity index (χ0n) is 19.1. The lowest BCUT2D eigenvalue weighted by Crippen LogP contribution is -2.48. The van der Waals surface area contributed by atoms with Crippen LogP contribution in [0.4, 0.5) is 0 Å². The molecule has 4 rings (SSSR count). The van der Waals surface area contributed by atoms with E-state index in [1.54, 1.807) is 5.51 Å². The highest BCUT2D eigenvalue weighted by Gasteiger charge is 2.27. The fourth-order valence-electron chi connectivity index (χ4n) is 4.36. The van der Waals surface area contributed by atoms with Crippen LogP contribution >= 0.6 is 11.3 Å². The largest absolute Gasteiger partial charge is 0.348 e. The zero-order chi connectivity index (χ0) is 23.2. The maximum absolute atomic E-state index is 13.3. The Morgan fingerprint density at radius 1 is 1.06 bits per heavy atom. The van der Waals surface area contributed by atoms with E-state index in [1.165, 1.54) is 11.3 Å². The Morgan fingerprint density at radius 3 is 2.15 bits per heavy atom. The van der Waals surface area contributed by atoms with Crippen LogP contribution in [0.3, 0.4) is 0 Å². The molecule has 33 heavy (non-hydrogen) atoms. The van der Waals surface area contributed by atoms with Crippen molar-refractivity contribution in [2.75, 3.05) is 26.7 Å². The van der Waals surface area contributed by atoms with Crippen LogP contribution in [0.15, 0.2) is 66.2 Å². The highest BCUT2D eigenvalue weighted by atomic mass is 32.1. The summed E-state index contributed by atoms with van der Waals surface area (Å²) in [6, 6.07) is 20.3. The summed E-state index contributed by atoms with van der Waals surface area (Å²) < 4.78 is 0. The molecule has 1 fully saturated rings. The number of amides is 2. The first-order valence-electron chi connectivity index (χ1n) is 11.3. The lowest BCUT2D eigenvalue weighted by Gasteiger charge is -2.35. The quantitative estimate of drug-likeness (QED) is 0.579. The highest BCUT2D eigenvalue weighted by Crippen LogP contribution is 2.28. The molecule has 0 radical (unpaired) electrons. The molecule has 0 bridgehead atoms. The van der Waals surface area contributed by atoms with Gasteiger partial charge in [0.15, 0.2) is 0 Å². The van der Waals surface area contributed by atoms with E-state index < -0.39 is 0 Å². The van der Waals surface area contributed by atoms with Crippen molar-refractivity contribution in [3.05, 3.63) is 87.9 Å². The number of likely N-dealkylation sites (N-methyl/N-ethyl adjacent to an activating group) is 1. The van der Waals surface area contributed by atoms with Gasteiger partial charge in [0.2, 0.25) is 5.91 Å². The third-order valence-corrected chi connectivity index (χ3v) is 7.17. The lowest BCUT2D eigenvalue weighted by atomic mass is 9.97. The number of thiazole rings is 1. The van der Waals surface area contributed by atoms with Gasteiger partial charge in [-0.2, -0.15) is 0 Å². The van der Waals surface area contributed by atoms with E-state index >= 15 is 0 Å². The fourth-order valence-corrected chi connectivity index (χ4v) is 5.07. The number of rotatable bonds is 7. The molecule has 2 aromatic carbocycles. The van der Waals surface area contributed by atoms with E-state index in [1.807, 2.05) is 55.3 Å². The second-order valence-electron chi connectivity index (χ2n) is 8.52. The van der Waals surface area contributed by atoms with Crippen LogP contribution in [0.25, 0.3) is 0 Å². The van der Waals surface area contributed by atoms with Crippen LogP contribution in [-0.2, 0) is 4.79 Å². The van der Waals surface area contributed by atoms with Crippen molar-refractivity contribution < 1.29 is 9.59 Å². The molecule has 172 valence electrons. The molecule has 2 heterocycles. The fraction of sp³-hybridized carbons (Fsp3) is 0.346. The first-order chi connectivity index (χ1) is 16.0. The van der Waals surface area contributed by atoms with Gasteiger partial charge in [-0.25, -0.2) is 4.98 Å². The van der Waals surface area contributed by atoms with Gasteiger partial charge in [-0.05, 0) is 30.9 Å². The third-order valence-electron chi connectivity index (χ3n) is 6.24. The number of hydrogen-bond acceptors (Lipinski definition) is 5. The Balaban J connectivity index is 1.35. The van der Waals surface area contributed by atoms with Crippen LogP contribution in [0.1, 0.15) is 45.4 Å². The number of likely N-dealkylation sites (tertiary alicyclic amines) is 1. The van der Waals surface area contributed by atoms with E-state index in [0.717, 1.165) is 42.8 Å². The lowest BCUT2D eigenvalue weighted by molar-refractivity contribution is -0.133. The van der Waals surface area contributed by atoms with Gasteiger partial charge in [0.1, 0.15) is 4.88 Å². The molecule has 1 saturated heterocycles. The molecule has 0 aliphatic carbocycles. The number of nitrogens with zero attached hydrogens (tertiary/aromatic N) is 3. The number of nitrogens with one attached hydrogen (secondary N) is 1. The van der Waals surface area contributed by atoms with Crippen molar-refractivity contribution in [1.82, 2.24) is 20.1 Å². The molecule has 2 amide bonds. The van der Waals surface area contributed by atoms with Crippen LogP contribution < -0.4 is 5.32 Å². The predicted molar refractivity (Wildman–Crippen MR) is 131 cm³/mol. The van der Waals surface area contributed by atoms with Crippen molar-refractivity contribution >= 4 is 23.2 Å². The van der Waals surface area contributed by atoms with Gasteiger partial charge < -0.3 is 10.2 Å². The van der Waals surface area contributed by atoms with E-state index in [0.29, 0.717) is 11.4 Å². The molecule has 1 N–H and O–H groups in total. The summed E-state index contributed by atoms with van der Waals surface area (Å²) in [5.41, 5.74) is 4.67. The SMILES string of the molecule is Cc1ncsc1C(=O)NC1CCN(CC(=O)N(C)C(c2ccccc2)c2ccccc2)CC1. The minimum atomic E-state index is -0.126. The Labute approximate surface area is 199 Å². The molecular formula is C26H30N4O2S. The number of aryl methyl sites for hydroxylation is 1. The number of carbonyl (C=O) groups excluding carboxylic acids is 2. The normalized spacial score (nSPS) is 14.9. The van der Waals surface area contributed by atoms with Crippen LogP contribution in [0.5, 0.6) is 0 Å². The number of benzene rings is 2. The maximum atomic E-state index is 13.3. The Bertz CT molecular complexity index is 1020. The molecule has 0 spiro atoms. The number of carbonyl (C=O) groups is 2. The summed E-state index contributed by atoms with van der Waals surface area (Å²) in [4.78, 5) is 34.6. The molecule has 7 heteroatoms. The van der Waals surface area contributed by atoms with Gasteiger partial charge >= 0.3 is 0 Å². The van der Waals surface area contributed by atoms with Crippen LogP contribution in [0, 0.1) is 6.92 Å². The van der Waals surface area contributed by atoms with Crippen molar-refractivity contribution in [2.45, 2.75) is 31.8 Å². The Morgan fingerprint density at radius 2 is 1.64 bits per heavy atom. The second-order valence-corrected chi connectivity index (χ2v) is 9.37. The number of aromatic nitrogens is 1. The van der Waals surface area contributed by atoms with Gasteiger partial charge in [-0.3, -0.25) is 14.5 Å². The van der Waals surface area contributed by atoms with E-state index in [9.17, 15) is 9.59 Å². The van der Waals surface area contributed by atoms with Crippen LogP contribution in [-0.4, -0.2) is 59.3 Å². The number of hydrogen-bond donors (Lipinski definition) is 1. The summed E-state index contributed by atoms with van der Waals surface area (Å²) in [6.07, 6.45) is 1.67. The molecule has 0 saturated carbocycles. The topological polar surface area (TPSA) is 65.5 Å². The molecule has 0 atom stereocenters. The average molecular weight is 463 g/mol. The molecule has 1 aliphatic rings. The zero-order valence-corrected chi connectivity index (χ0v) is 19.9. The van der Waals surface area contributed by atoms with E-state index in [-0.39, 0.29) is 23.9 Å². The van der Waals surface area contributed by atoms with Gasteiger partial charge in [0.05, 0.1) is 23.8 Å². The Hall–Kier alpha value is -3.03. The Kier molecular flexibility index (Phi) is 7.52.